The normalized spacial score (nSPS) is 17.0. The maximum atomic E-state index is 13.2. The smallest absolute Gasteiger partial charge is 0.324 e. The van der Waals surface area contributed by atoms with Gasteiger partial charge in [0, 0.05) is 6.54 Å². The summed E-state index contributed by atoms with van der Waals surface area (Å²) in [6.45, 7) is 3.66. The van der Waals surface area contributed by atoms with Gasteiger partial charge >= 0.3 is 5.97 Å². The average molecular weight is 481 g/mol. The molecule has 1 atom stereocenters. The van der Waals surface area contributed by atoms with Crippen molar-refractivity contribution in [2.75, 3.05) is 23.7 Å². The summed E-state index contributed by atoms with van der Waals surface area (Å²) >= 11 is 0. The highest BCUT2D eigenvalue weighted by Crippen LogP contribution is 2.31. The molecule has 1 N–H and O–H groups in total. The van der Waals surface area contributed by atoms with E-state index in [9.17, 15) is 21.6 Å². The number of nitrogens with one attached hydrogen (secondary N) is 1. The minimum Gasteiger partial charge on any atom is -0.468 e. The molecule has 0 aromatic heterocycles. The third-order valence-electron chi connectivity index (χ3n) is 5.47. The van der Waals surface area contributed by atoms with E-state index < -0.39 is 32.1 Å². The van der Waals surface area contributed by atoms with Crippen LogP contribution in [0.15, 0.2) is 47.4 Å². The summed E-state index contributed by atoms with van der Waals surface area (Å²) in [6, 6.07) is 11.0. The van der Waals surface area contributed by atoms with Gasteiger partial charge in [-0.2, -0.15) is 4.72 Å². The number of anilines is 1. The Balaban J connectivity index is 1.93. The van der Waals surface area contributed by atoms with Crippen molar-refractivity contribution in [1.82, 2.24) is 4.72 Å². The van der Waals surface area contributed by atoms with Crippen LogP contribution in [0.1, 0.15) is 29.5 Å². The molecule has 3 rings (SSSR count). The highest BCUT2D eigenvalue weighted by molar-refractivity contribution is 7.92. The largest absolute Gasteiger partial charge is 0.468 e. The first-order valence-electron chi connectivity index (χ1n) is 10.3. The predicted molar refractivity (Wildman–Crippen MR) is 123 cm³/mol. The molecule has 174 valence electrons. The number of nitrogens with zero attached hydrogens (tertiary/aromatic N) is 1. The Morgan fingerprint density at radius 3 is 2.44 bits per heavy atom. The first kappa shape index (κ1) is 24.2. The average Bonchev–Trinajstić information content (AvgIpc) is 2.74. The zero-order chi connectivity index (χ0) is 23.5. The molecule has 0 aliphatic carbocycles. The monoisotopic (exact) mass is 480 g/mol. The van der Waals surface area contributed by atoms with Crippen LogP contribution in [0.4, 0.5) is 5.69 Å². The van der Waals surface area contributed by atoms with Crippen molar-refractivity contribution in [1.29, 1.82) is 0 Å². The molecule has 8 nitrogen and oxygen atoms in total. The summed E-state index contributed by atoms with van der Waals surface area (Å²) in [5, 5.41) is 0. The molecule has 1 saturated heterocycles. The van der Waals surface area contributed by atoms with Crippen molar-refractivity contribution in [3.05, 3.63) is 59.2 Å². The van der Waals surface area contributed by atoms with E-state index in [2.05, 4.69) is 4.72 Å². The summed E-state index contributed by atoms with van der Waals surface area (Å²) in [4.78, 5) is 12.3. The Morgan fingerprint density at radius 2 is 1.81 bits per heavy atom. The fourth-order valence-electron chi connectivity index (χ4n) is 3.81. The van der Waals surface area contributed by atoms with Gasteiger partial charge in [-0.1, -0.05) is 30.3 Å². The molecule has 10 heteroatoms. The van der Waals surface area contributed by atoms with Crippen LogP contribution in [-0.4, -0.2) is 48.3 Å². The molecule has 0 bridgehead atoms. The maximum absolute atomic E-state index is 13.2. The molecule has 2 aromatic carbocycles. The minimum absolute atomic E-state index is 0.00452. The molecule has 1 aliphatic rings. The standard InChI is InChI=1S/C22H28N2O6S2/c1-16-14-21(17(2)13-20(16)24-11-7-8-12-31(24,26)27)32(28,29)23-19(22(25)30-3)15-18-9-5-4-6-10-18/h4-6,9-10,13-14,19,23H,7-8,11-12,15H2,1-3H3/t19-/m0/s1. The number of esters is 1. The molecular weight excluding hydrogens is 452 g/mol. The molecule has 1 aliphatic heterocycles. The predicted octanol–water partition coefficient (Wildman–Crippen LogP) is 2.30. The van der Waals surface area contributed by atoms with Crippen LogP contribution in [0.5, 0.6) is 0 Å². The van der Waals surface area contributed by atoms with E-state index in [-0.39, 0.29) is 17.1 Å². The molecule has 0 radical (unpaired) electrons. The van der Waals surface area contributed by atoms with Crippen LogP contribution in [0.25, 0.3) is 0 Å². The Kier molecular flexibility index (Phi) is 7.26. The third-order valence-corrected chi connectivity index (χ3v) is 8.94. The third kappa shape index (κ3) is 5.31. The summed E-state index contributed by atoms with van der Waals surface area (Å²) in [5.41, 5.74) is 2.18. The number of methoxy groups -OCH3 is 1. The summed E-state index contributed by atoms with van der Waals surface area (Å²) < 4.78 is 60.0. The lowest BCUT2D eigenvalue weighted by Crippen LogP contribution is -2.43. The lowest BCUT2D eigenvalue weighted by Gasteiger charge is -2.30. The zero-order valence-electron chi connectivity index (χ0n) is 18.4. The molecule has 32 heavy (non-hydrogen) atoms. The van der Waals surface area contributed by atoms with Gasteiger partial charge in [0.2, 0.25) is 20.0 Å². The maximum Gasteiger partial charge on any atom is 0.324 e. The molecule has 0 unspecified atom stereocenters. The molecule has 0 saturated carbocycles. The van der Waals surface area contributed by atoms with Crippen molar-refractivity contribution in [3.63, 3.8) is 0 Å². The number of hydrogen-bond acceptors (Lipinski definition) is 6. The number of rotatable bonds is 7. The number of carbonyl (C=O) groups excluding carboxylic acids is 1. The molecule has 0 amide bonds. The number of hydrogen-bond donors (Lipinski definition) is 1. The molecule has 1 fully saturated rings. The Hall–Kier alpha value is -2.43. The SMILES string of the molecule is COC(=O)[C@H](Cc1ccccc1)NS(=O)(=O)c1cc(C)c(N2CCCCS2(=O)=O)cc1C. The van der Waals surface area contributed by atoms with Gasteiger partial charge in [-0.25, -0.2) is 16.8 Å². The van der Waals surface area contributed by atoms with Gasteiger partial charge in [0.25, 0.3) is 0 Å². The van der Waals surface area contributed by atoms with Crippen LogP contribution >= 0.6 is 0 Å². The lowest BCUT2D eigenvalue weighted by atomic mass is 10.1. The summed E-state index contributed by atoms with van der Waals surface area (Å²) in [5.74, 6) is -0.615. The van der Waals surface area contributed by atoms with Crippen molar-refractivity contribution < 1.29 is 26.4 Å². The van der Waals surface area contributed by atoms with Crippen molar-refractivity contribution in [2.24, 2.45) is 0 Å². The quantitative estimate of drug-likeness (QED) is 0.609. The van der Waals surface area contributed by atoms with Crippen molar-refractivity contribution >= 4 is 31.7 Å². The number of aryl methyl sites for hydroxylation is 2. The lowest BCUT2D eigenvalue weighted by molar-refractivity contribution is -0.142. The van der Waals surface area contributed by atoms with E-state index in [4.69, 9.17) is 4.74 Å². The van der Waals surface area contributed by atoms with Crippen LogP contribution < -0.4 is 9.03 Å². The second-order valence-electron chi connectivity index (χ2n) is 7.89. The van der Waals surface area contributed by atoms with Crippen LogP contribution in [0.3, 0.4) is 0 Å². The topological polar surface area (TPSA) is 110 Å². The highest BCUT2D eigenvalue weighted by atomic mass is 32.2. The van der Waals surface area contributed by atoms with E-state index in [1.807, 2.05) is 6.07 Å². The van der Waals surface area contributed by atoms with Gasteiger partial charge in [-0.05, 0) is 61.9 Å². The number of sulfonamides is 2. The number of carbonyl (C=O) groups is 1. The summed E-state index contributed by atoms with van der Waals surface area (Å²) in [6.07, 6.45) is 1.50. The van der Waals surface area contributed by atoms with E-state index in [0.717, 1.165) is 12.0 Å². The molecular formula is C22H28N2O6S2. The zero-order valence-corrected chi connectivity index (χ0v) is 20.0. The van der Waals surface area contributed by atoms with Gasteiger partial charge in [0.15, 0.2) is 0 Å². The van der Waals surface area contributed by atoms with Gasteiger partial charge < -0.3 is 4.74 Å². The Labute approximate surface area is 189 Å². The Morgan fingerprint density at radius 1 is 1.12 bits per heavy atom. The van der Waals surface area contributed by atoms with Gasteiger partial charge in [-0.15, -0.1) is 0 Å². The van der Waals surface area contributed by atoms with Crippen LogP contribution in [-0.2, 0) is 36.0 Å². The van der Waals surface area contributed by atoms with Gasteiger partial charge in [0.1, 0.15) is 6.04 Å². The molecule has 0 spiro atoms. The minimum atomic E-state index is -4.08. The Bertz CT molecular complexity index is 1190. The van der Waals surface area contributed by atoms with Crippen LogP contribution in [0, 0.1) is 13.8 Å². The van der Waals surface area contributed by atoms with Crippen LogP contribution in [0.2, 0.25) is 0 Å². The second kappa shape index (κ2) is 9.60. The van der Waals surface area contributed by atoms with Crippen molar-refractivity contribution in [2.45, 2.75) is 44.0 Å². The van der Waals surface area contributed by atoms with E-state index in [0.29, 0.717) is 29.8 Å². The van der Waals surface area contributed by atoms with E-state index >= 15 is 0 Å². The molecule has 1 heterocycles. The van der Waals surface area contributed by atoms with E-state index in [1.54, 1.807) is 44.2 Å². The van der Waals surface area contributed by atoms with Gasteiger partial charge in [-0.3, -0.25) is 9.10 Å². The molecule has 2 aromatic rings. The van der Waals surface area contributed by atoms with E-state index in [1.165, 1.54) is 17.5 Å². The number of ether oxygens (including phenoxy) is 1. The fraction of sp³-hybridized carbons (Fsp3) is 0.409. The second-order valence-corrected chi connectivity index (χ2v) is 11.6. The highest BCUT2D eigenvalue weighted by Gasteiger charge is 2.31. The summed E-state index contributed by atoms with van der Waals surface area (Å²) in [7, 11) is -6.30. The van der Waals surface area contributed by atoms with Gasteiger partial charge in [0.05, 0.1) is 23.4 Å². The fourth-order valence-corrected chi connectivity index (χ4v) is 7.00. The first-order valence-corrected chi connectivity index (χ1v) is 13.4. The number of benzene rings is 2. The first-order chi connectivity index (χ1) is 15.0. The van der Waals surface area contributed by atoms with Crippen molar-refractivity contribution in [3.8, 4) is 0 Å².